The van der Waals surface area contributed by atoms with Gasteiger partial charge in [-0.2, -0.15) is 0 Å². The van der Waals surface area contributed by atoms with Gasteiger partial charge in [-0.25, -0.2) is 19.6 Å². The summed E-state index contributed by atoms with van der Waals surface area (Å²) in [5, 5.41) is 23.9. The summed E-state index contributed by atoms with van der Waals surface area (Å²) in [6, 6.07) is -1.95. The molecule has 6 aliphatic rings. The van der Waals surface area contributed by atoms with Crippen LogP contribution in [0.25, 0.3) is 0 Å². The molecule has 7 rings (SSSR count). The lowest BCUT2D eigenvalue weighted by Gasteiger charge is -2.43. The number of ketones is 2. The van der Waals surface area contributed by atoms with E-state index in [9.17, 15) is 34.2 Å². The fraction of sp³-hybridized carbons (Fsp3) is 0.750. The molecule has 16 atom stereocenters. The second kappa shape index (κ2) is 34.8. The van der Waals surface area contributed by atoms with E-state index in [1.165, 1.54) is 12.0 Å². The fourth-order valence-corrected chi connectivity index (χ4v) is 13.9. The minimum absolute atomic E-state index is 0.0137. The zero-order valence-corrected chi connectivity index (χ0v) is 55.6. The van der Waals surface area contributed by atoms with Gasteiger partial charge in [-0.3, -0.25) is 19.3 Å². The summed E-state index contributed by atoms with van der Waals surface area (Å²) in [5.74, 6) is -6.53. The highest BCUT2D eigenvalue weighted by molar-refractivity contribution is 6.39. The zero-order chi connectivity index (χ0) is 65.2. The average molecular weight is 1260 g/mol. The van der Waals surface area contributed by atoms with Gasteiger partial charge in [0.05, 0.1) is 43.3 Å². The molecule has 5 aliphatic heterocycles. The summed E-state index contributed by atoms with van der Waals surface area (Å²) in [5.41, 5.74) is 10.4. The van der Waals surface area contributed by atoms with E-state index < -0.39 is 108 Å². The van der Waals surface area contributed by atoms with Crippen LogP contribution in [0.3, 0.4) is 0 Å². The van der Waals surface area contributed by atoms with E-state index in [0.717, 1.165) is 69.2 Å². The van der Waals surface area contributed by atoms with Crippen LogP contribution in [0.1, 0.15) is 143 Å². The van der Waals surface area contributed by atoms with Crippen molar-refractivity contribution in [2.24, 2.45) is 35.3 Å². The predicted octanol–water partition coefficient (Wildman–Crippen LogP) is 6.86. The fourth-order valence-electron chi connectivity index (χ4n) is 13.9. The Hall–Kier alpha value is -5.01. The van der Waals surface area contributed by atoms with Gasteiger partial charge in [-0.15, -0.1) is 0 Å². The Bertz CT molecular complexity index is 2650. The van der Waals surface area contributed by atoms with Crippen LogP contribution in [-0.2, 0) is 70.0 Å². The number of rotatable bonds is 14. The number of aliphatic hydroxyl groups is 2. The molecule has 2 amide bonds. The number of carbonyl (C=O) groups is 5. The van der Waals surface area contributed by atoms with Crippen LogP contribution in [0.4, 0.5) is 10.7 Å². The van der Waals surface area contributed by atoms with Crippen LogP contribution in [0.15, 0.2) is 53.8 Å². The summed E-state index contributed by atoms with van der Waals surface area (Å²) in [6.45, 7) is 20.0. The number of carbonyl (C=O) groups excluding carboxylic acids is 5. The van der Waals surface area contributed by atoms with Crippen molar-refractivity contribution < 1.29 is 72.1 Å². The molecule has 4 N–H and O–H groups in total. The molecule has 1 aliphatic carbocycles. The number of amides is 2. The smallest absolute Gasteiger partial charge is 0.410 e. The van der Waals surface area contributed by atoms with Crippen molar-refractivity contribution in [2.45, 2.75) is 212 Å². The maximum absolute atomic E-state index is 14.9. The summed E-state index contributed by atoms with van der Waals surface area (Å²) in [7, 11) is 6.14. The highest BCUT2D eigenvalue weighted by Crippen LogP contribution is 2.38. The van der Waals surface area contributed by atoms with Gasteiger partial charge in [0.2, 0.25) is 11.7 Å². The number of hydrogen-bond acceptors (Lipinski definition) is 20. The summed E-state index contributed by atoms with van der Waals surface area (Å²) in [4.78, 5) is 89.0. The van der Waals surface area contributed by atoms with Crippen LogP contribution in [-0.4, -0.2) is 219 Å². The van der Waals surface area contributed by atoms with Crippen LogP contribution in [0.5, 0.6) is 0 Å². The first-order chi connectivity index (χ1) is 43.1. The van der Waals surface area contributed by atoms with Gasteiger partial charge >= 0.3 is 12.1 Å². The molecule has 22 heteroatoms. The van der Waals surface area contributed by atoms with Crippen molar-refractivity contribution >= 4 is 35.5 Å². The second-order valence-corrected chi connectivity index (χ2v) is 26.3. The van der Waals surface area contributed by atoms with Gasteiger partial charge in [0.25, 0.3) is 11.7 Å². The van der Waals surface area contributed by atoms with E-state index in [1.54, 1.807) is 40.1 Å². The minimum Gasteiger partial charge on any atom is -0.459 e. The summed E-state index contributed by atoms with van der Waals surface area (Å²) >= 11 is 0. The number of aliphatic hydroxyl groups excluding tert-OH is 1. The number of hydrogen-bond donors (Lipinski definition) is 3. The molecule has 1 aromatic heterocycles. The van der Waals surface area contributed by atoms with Crippen LogP contribution < -0.4 is 10.6 Å². The van der Waals surface area contributed by atoms with Gasteiger partial charge in [0, 0.05) is 136 Å². The molecule has 4 fully saturated rings. The zero-order valence-electron chi connectivity index (χ0n) is 55.6. The van der Waals surface area contributed by atoms with E-state index in [4.69, 9.17) is 53.6 Å². The molecular weight excluding hydrogens is 1150 g/mol. The van der Waals surface area contributed by atoms with Gasteiger partial charge in [-0.1, -0.05) is 71.1 Å². The first kappa shape index (κ1) is 72.4. The Kier molecular flexibility index (Phi) is 28.0. The molecule has 504 valence electrons. The molecule has 3 saturated heterocycles. The Morgan fingerprint density at radius 2 is 1.58 bits per heavy atom. The number of esters is 1. The molecule has 0 unspecified atom stereocenters. The first-order valence-electron chi connectivity index (χ1n) is 33.2. The number of fused-ring (bicyclic) bond motifs is 4. The molecule has 1 aromatic rings. The molecule has 22 nitrogen and oxygen atoms in total. The standard InChI is InChI=1S/C68H107N7O15/c1-12-33-87-34-32-72-28-30-73(31-29-72)66-70-41-50-42-74(27-25-53(50)71-66)67(81)89-55-24-22-49(38-59(55)85-10)37-52(69)58-40-57(84-9)45(4)36-47(6)61(77)62(86-11)60(76)46(5)35-43(2)18-14-13-15-19-44(3)56(83-8)39-51-23-21-48(7)68(82,90-51)63(78)64(79)75-26-17-16-20-54(75)65(80)88-58/h13-15,18-19,36,41,43,45-46,48-49,51-52,54-59,61-62,77,82H,12,16-17,20-35,37-40,42,69H2,1-11H3/b15-13+,18-14+,44-19+,47-36+/t43-,45-,46-,48-,49+,51+,52-,54+,55-,56+,57-,58+,59-,61-,62+,68-/m1/s1. The third-order valence-electron chi connectivity index (χ3n) is 19.6. The number of cyclic esters (lactones) is 1. The number of ether oxygens (including phenoxy) is 8. The van der Waals surface area contributed by atoms with Gasteiger partial charge in [0.15, 0.2) is 5.78 Å². The monoisotopic (exact) mass is 1260 g/mol. The number of nitrogens with two attached hydrogens (primary N) is 1. The Balaban J connectivity index is 1.07. The third-order valence-corrected chi connectivity index (χ3v) is 19.6. The quantitative estimate of drug-likeness (QED) is 0.0743. The van der Waals surface area contributed by atoms with Gasteiger partial charge in [0.1, 0.15) is 30.5 Å². The normalized spacial score (nSPS) is 35.2. The molecule has 1 saturated carbocycles. The minimum atomic E-state index is -2.46. The molecule has 6 heterocycles. The van der Waals surface area contributed by atoms with Crippen LogP contribution in [0.2, 0.25) is 0 Å². The largest absolute Gasteiger partial charge is 0.459 e. The van der Waals surface area contributed by atoms with E-state index >= 15 is 0 Å². The van der Waals surface area contributed by atoms with Crippen molar-refractivity contribution in [3.63, 3.8) is 0 Å². The molecule has 0 radical (unpaired) electrons. The van der Waals surface area contributed by atoms with Crippen molar-refractivity contribution in [3.05, 3.63) is 65.1 Å². The molecule has 90 heavy (non-hydrogen) atoms. The second-order valence-electron chi connectivity index (χ2n) is 26.3. The van der Waals surface area contributed by atoms with Crippen molar-refractivity contribution in [1.29, 1.82) is 0 Å². The van der Waals surface area contributed by atoms with Crippen molar-refractivity contribution in [3.8, 4) is 0 Å². The van der Waals surface area contributed by atoms with E-state index in [0.29, 0.717) is 95.2 Å². The topological polar surface area (TPSA) is 264 Å². The number of Topliss-reactive ketones (excluding diaryl/α,β-unsaturated/α-hetero) is 2. The van der Waals surface area contributed by atoms with E-state index in [-0.39, 0.29) is 37.0 Å². The number of piperazine rings is 1. The number of aromatic nitrogens is 2. The van der Waals surface area contributed by atoms with E-state index in [2.05, 4.69) is 16.7 Å². The Morgan fingerprint density at radius 1 is 0.822 bits per heavy atom. The van der Waals surface area contributed by atoms with Crippen LogP contribution >= 0.6 is 0 Å². The summed E-state index contributed by atoms with van der Waals surface area (Å²) < 4.78 is 48.4. The van der Waals surface area contributed by atoms with E-state index in [1.807, 2.05) is 70.3 Å². The Morgan fingerprint density at radius 3 is 2.29 bits per heavy atom. The number of methoxy groups -OCH3 is 4. The number of allylic oxidation sites excluding steroid dienone is 5. The highest BCUT2D eigenvalue weighted by Gasteiger charge is 2.53. The molecule has 2 bridgehead atoms. The van der Waals surface area contributed by atoms with Crippen molar-refractivity contribution in [2.75, 3.05) is 92.4 Å². The number of nitrogens with zero attached hydrogens (tertiary/aromatic N) is 6. The van der Waals surface area contributed by atoms with Gasteiger partial charge in [-0.05, 0) is 107 Å². The lowest BCUT2D eigenvalue weighted by atomic mass is 9.80. The Labute approximate surface area is 534 Å². The van der Waals surface area contributed by atoms with Gasteiger partial charge < -0.3 is 68.5 Å². The molecule has 0 aromatic carbocycles. The van der Waals surface area contributed by atoms with Crippen molar-refractivity contribution in [1.82, 2.24) is 24.7 Å². The molecular formula is C68H107N7O15. The number of piperidine rings is 1. The highest BCUT2D eigenvalue weighted by atomic mass is 16.6. The predicted molar refractivity (Wildman–Crippen MR) is 340 cm³/mol. The maximum Gasteiger partial charge on any atom is 0.410 e. The maximum atomic E-state index is 14.9. The third kappa shape index (κ3) is 19.1. The lowest BCUT2D eigenvalue weighted by molar-refractivity contribution is -0.265. The van der Waals surface area contributed by atoms with Crippen LogP contribution in [0, 0.1) is 29.6 Å². The average Bonchev–Trinajstić information content (AvgIpc) is 1.35. The lowest BCUT2D eigenvalue weighted by Crippen LogP contribution is -2.61. The first-order valence-corrected chi connectivity index (χ1v) is 33.2. The summed E-state index contributed by atoms with van der Waals surface area (Å²) in [6.07, 6.45) is 13.4. The molecule has 0 spiro atoms. The SMILES string of the molecule is CCCOCCN1CCN(c2ncc3c(n2)CCN(C(=O)O[C@@H]2CC[C@@H](C[C@@H](N)[C@@H]4C[C@@H](OC)[C@H](C)/C=C(\C)[C@@H](O)[C@@H](OC)C(=O)[C@H](C)C[C@H](C)/C=C/C=C/C=C(\C)[C@@H](OC)C[C@@H]5CC[C@@H](C)[C@@](O)(O5)C(=O)C(=O)N5CCCC[C@H]5C(=O)O4)C[C@H]2OC)C3)CC1. The number of anilines is 1.